The van der Waals surface area contributed by atoms with E-state index in [1.54, 1.807) is 6.07 Å². The number of nitrogens with two attached hydrogens (primary N) is 1. The van der Waals surface area contributed by atoms with Crippen LogP contribution in [0.2, 0.25) is 0 Å². The summed E-state index contributed by atoms with van der Waals surface area (Å²) in [4.78, 5) is 23.2. The highest BCUT2D eigenvalue weighted by Crippen LogP contribution is 2.39. The number of hydrogen-bond donors (Lipinski definition) is 3. The maximum absolute atomic E-state index is 13.6. The zero-order valence-corrected chi connectivity index (χ0v) is 20.3. The van der Waals surface area contributed by atoms with Gasteiger partial charge in [-0.15, -0.1) is 0 Å². The van der Waals surface area contributed by atoms with Crippen molar-refractivity contribution in [2.45, 2.75) is 68.5 Å². The number of nitrogens with one attached hydrogen (secondary N) is 1. The summed E-state index contributed by atoms with van der Waals surface area (Å²) in [6.45, 7) is 4.07. The molecule has 184 valence electrons. The number of sulfone groups is 1. The molecule has 0 fully saturated rings. The van der Waals surface area contributed by atoms with Crippen LogP contribution in [0.4, 0.5) is 0 Å². The largest absolute Gasteiger partial charge is 0.481 e. The van der Waals surface area contributed by atoms with Gasteiger partial charge in [-0.05, 0) is 36.1 Å². The number of hydrogen-bond acceptors (Lipinski definition) is 7. The third-order valence-electron chi connectivity index (χ3n) is 6.28. The molecule has 0 spiro atoms. The predicted octanol–water partition coefficient (Wildman–Crippen LogP) is 3.20. The highest BCUT2D eigenvalue weighted by Gasteiger charge is 2.42. The van der Waals surface area contributed by atoms with E-state index >= 15 is 0 Å². The van der Waals surface area contributed by atoms with Gasteiger partial charge in [-0.1, -0.05) is 63.1 Å². The molecule has 8 nitrogen and oxygen atoms in total. The summed E-state index contributed by atoms with van der Waals surface area (Å²) in [5, 5.41) is 12.5. The van der Waals surface area contributed by atoms with E-state index in [2.05, 4.69) is 12.2 Å². The van der Waals surface area contributed by atoms with Gasteiger partial charge >= 0.3 is 11.9 Å². The number of carbonyl (C=O) groups excluding carboxylic acids is 1. The number of esters is 1. The van der Waals surface area contributed by atoms with E-state index in [1.165, 1.54) is 12.1 Å². The Morgan fingerprint density at radius 1 is 1.21 bits per heavy atom. The summed E-state index contributed by atoms with van der Waals surface area (Å²) in [5.41, 5.74) is 6.49. The van der Waals surface area contributed by atoms with E-state index in [1.807, 2.05) is 37.3 Å². The molecule has 3 rings (SSSR count). The zero-order chi connectivity index (χ0) is 24.9. The summed E-state index contributed by atoms with van der Waals surface area (Å²) in [6, 6.07) is 12.4. The van der Waals surface area contributed by atoms with Crippen molar-refractivity contribution in [1.29, 1.82) is 0 Å². The Kier molecular flexibility index (Phi) is 8.12. The van der Waals surface area contributed by atoms with Crippen LogP contribution in [0.1, 0.15) is 63.1 Å². The van der Waals surface area contributed by atoms with Crippen LogP contribution < -0.4 is 15.8 Å². The number of aliphatic carboxylic acids is 1. The summed E-state index contributed by atoms with van der Waals surface area (Å²) < 4.78 is 32.5. The summed E-state index contributed by atoms with van der Waals surface area (Å²) >= 11 is 0. The Hall–Kier alpha value is -2.75. The smallest absolute Gasteiger partial charge is 0.328 e. The third-order valence-corrected chi connectivity index (χ3v) is 8.24. The number of fused-ring (bicyclic) bond motifs is 1. The number of rotatable bonds is 9. The molecule has 0 saturated heterocycles. The highest BCUT2D eigenvalue weighted by atomic mass is 32.2. The van der Waals surface area contributed by atoms with Crippen molar-refractivity contribution in [3.63, 3.8) is 0 Å². The van der Waals surface area contributed by atoms with Crippen molar-refractivity contribution in [2.24, 2.45) is 5.73 Å². The van der Waals surface area contributed by atoms with Gasteiger partial charge in [0.25, 0.3) is 0 Å². The molecule has 3 atom stereocenters. The molecule has 0 aliphatic carbocycles. The molecule has 4 N–H and O–H groups in total. The fourth-order valence-electron chi connectivity index (χ4n) is 4.37. The summed E-state index contributed by atoms with van der Waals surface area (Å²) in [7, 11) is -3.75. The number of carbonyl (C=O) groups is 2. The Balaban J connectivity index is 2.07. The van der Waals surface area contributed by atoms with E-state index in [4.69, 9.17) is 15.6 Å². The molecule has 34 heavy (non-hydrogen) atoms. The first-order valence-corrected chi connectivity index (χ1v) is 13.1. The van der Waals surface area contributed by atoms with Gasteiger partial charge in [-0.3, -0.25) is 10.1 Å². The van der Waals surface area contributed by atoms with Gasteiger partial charge in [0.1, 0.15) is 11.8 Å². The van der Waals surface area contributed by atoms with Crippen molar-refractivity contribution in [1.82, 2.24) is 5.32 Å². The molecule has 0 saturated carbocycles. The summed E-state index contributed by atoms with van der Waals surface area (Å²) in [5.74, 6) is -2.23. The molecule has 2 aromatic carbocycles. The first kappa shape index (κ1) is 25.9. The van der Waals surface area contributed by atoms with Crippen molar-refractivity contribution < 1.29 is 27.9 Å². The van der Waals surface area contributed by atoms with Crippen molar-refractivity contribution in [2.75, 3.05) is 5.75 Å². The molecule has 9 heteroatoms. The fraction of sp³-hybridized carbons (Fsp3) is 0.440. The van der Waals surface area contributed by atoms with Crippen LogP contribution in [0.25, 0.3) is 0 Å². The average molecular weight is 489 g/mol. The van der Waals surface area contributed by atoms with E-state index < -0.39 is 39.8 Å². The molecule has 1 aliphatic heterocycles. The van der Waals surface area contributed by atoms with Crippen molar-refractivity contribution in [3.05, 3.63) is 59.7 Å². The molecule has 1 aliphatic rings. The molecule has 0 bridgehead atoms. The maximum Gasteiger partial charge on any atom is 0.328 e. The van der Waals surface area contributed by atoms with Crippen LogP contribution in [0.5, 0.6) is 5.75 Å². The lowest BCUT2D eigenvalue weighted by molar-refractivity contribution is -0.143. The second-order valence-corrected chi connectivity index (χ2v) is 10.8. The van der Waals surface area contributed by atoms with Crippen LogP contribution in [0.3, 0.4) is 0 Å². The predicted molar refractivity (Wildman–Crippen MR) is 128 cm³/mol. The minimum absolute atomic E-state index is 0.0116. The molecule has 0 radical (unpaired) electrons. The van der Waals surface area contributed by atoms with Gasteiger partial charge in [0.2, 0.25) is 0 Å². The van der Waals surface area contributed by atoms with Gasteiger partial charge in [0, 0.05) is 5.54 Å². The lowest BCUT2D eigenvalue weighted by Gasteiger charge is -2.35. The highest BCUT2D eigenvalue weighted by molar-refractivity contribution is 7.91. The first-order chi connectivity index (χ1) is 16.1. The van der Waals surface area contributed by atoms with E-state index in [0.717, 1.165) is 18.4 Å². The number of unbranched alkanes of at least 4 members (excludes halogenated alkanes) is 1. The second-order valence-electron chi connectivity index (χ2n) is 8.81. The Bertz CT molecular complexity index is 1140. The minimum Gasteiger partial charge on any atom is -0.481 e. The monoisotopic (exact) mass is 488 g/mol. The Labute approximate surface area is 200 Å². The van der Waals surface area contributed by atoms with Crippen LogP contribution in [-0.4, -0.2) is 42.8 Å². The van der Waals surface area contributed by atoms with E-state index in [0.29, 0.717) is 18.4 Å². The lowest BCUT2D eigenvalue weighted by Crippen LogP contribution is -2.50. The van der Waals surface area contributed by atoms with E-state index in [-0.39, 0.29) is 22.4 Å². The standard InChI is InChI=1S/C25H32N2O6S/c1-3-5-13-25(4-2)16-34(31,32)21-14-18(33-24(30)20(26)15-22(28)29)11-12-19(21)23(27-25)17-9-7-6-8-10-17/h6-12,14,20,23,27H,3-5,13,15-16,26H2,1-2H3,(H,28,29)/t20-,23-,25+/m0/s1. The number of ether oxygens (including phenoxy) is 1. The molecular weight excluding hydrogens is 456 g/mol. The number of carboxylic acids is 1. The van der Waals surface area contributed by atoms with Crippen molar-refractivity contribution >= 4 is 21.8 Å². The van der Waals surface area contributed by atoms with Gasteiger partial charge in [-0.25, -0.2) is 13.2 Å². The van der Waals surface area contributed by atoms with Crippen LogP contribution >= 0.6 is 0 Å². The minimum atomic E-state index is -3.75. The van der Waals surface area contributed by atoms with Gasteiger partial charge in [-0.2, -0.15) is 0 Å². The lowest BCUT2D eigenvalue weighted by atomic mass is 9.88. The van der Waals surface area contributed by atoms with Crippen LogP contribution in [0.15, 0.2) is 53.4 Å². The van der Waals surface area contributed by atoms with E-state index in [9.17, 15) is 18.0 Å². The second kappa shape index (κ2) is 10.7. The quantitative estimate of drug-likeness (QED) is 0.362. The first-order valence-electron chi connectivity index (χ1n) is 11.5. The number of carboxylic acid groups (broad SMARTS) is 1. The molecule has 0 aromatic heterocycles. The van der Waals surface area contributed by atoms with Gasteiger partial charge in [0.15, 0.2) is 9.84 Å². The third kappa shape index (κ3) is 5.84. The molecule has 0 unspecified atom stereocenters. The van der Waals surface area contributed by atoms with Gasteiger partial charge in [0.05, 0.1) is 23.1 Å². The maximum atomic E-state index is 13.6. The summed E-state index contributed by atoms with van der Waals surface area (Å²) in [6.07, 6.45) is 2.60. The van der Waals surface area contributed by atoms with Gasteiger partial charge < -0.3 is 15.6 Å². The van der Waals surface area contributed by atoms with Crippen LogP contribution in [0, 0.1) is 0 Å². The van der Waals surface area contributed by atoms with Crippen molar-refractivity contribution in [3.8, 4) is 5.75 Å². The SMILES string of the molecule is CCCC[C@]1(CC)CS(=O)(=O)c2cc(OC(=O)[C@@H](N)CC(=O)O)ccc2[C@H](c2ccccc2)N1. The molecular formula is C25H32N2O6S. The molecule has 1 heterocycles. The molecule has 0 amide bonds. The molecule has 2 aromatic rings. The fourth-order valence-corrected chi connectivity index (χ4v) is 6.52. The number of benzene rings is 2. The average Bonchev–Trinajstić information content (AvgIpc) is 2.90. The topological polar surface area (TPSA) is 136 Å². The zero-order valence-electron chi connectivity index (χ0n) is 19.5. The Morgan fingerprint density at radius 2 is 1.91 bits per heavy atom. The van der Waals surface area contributed by atoms with Crippen LogP contribution in [-0.2, 0) is 19.4 Å². The Morgan fingerprint density at radius 3 is 2.53 bits per heavy atom. The normalized spacial score (nSPS) is 22.3.